The molecule has 0 saturated carbocycles. The lowest BCUT2D eigenvalue weighted by molar-refractivity contribution is 0.579. The van der Waals surface area contributed by atoms with Crippen LogP contribution in [-0.2, 0) is 29.5 Å². The van der Waals surface area contributed by atoms with E-state index in [0.29, 0.717) is 11.4 Å². The van der Waals surface area contributed by atoms with Crippen molar-refractivity contribution in [3.05, 3.63) is 45.9 Å². The molecule has 0 bridgehead atoms. The Bertz CT molecular complexity index is 696. The summed E-state index contributed by atoms with van der Waals surface area (Å²) in [6.45, 7) is 2.78. The summed E-state index contributed by atoms with van der Waals surface area (Å²) in [6, 6.07) is 6.99. The van der Waals surface area contributed by atoms with Crippen LogP contribution in [0.1, 0.15) is 22.4 Å². The third-order valence-electron chi connectivity index (χ3n) is 2.99. The molecular weight excluding hydrogens is 306 g/mol. The fourth-order valence-electron chi connectivity index (χ4n) is 1.93. The van der Waals surface area contributed by atoms with Crippen LogP contribution in [0.3, 0.4) is 0 Å². The smallest absolute Gasteiger partial charge is 0.241 e. The molecule has 0 unspecified atom stereocenters. The molecule has 7 heteroatoms. The number of sulfonamides is 1. The first kappa shape index (κ1) is 16.1. The van der Waals surface area contributed by atoms with Crippen LogP contribution >= 0.6 is 11.3 Å². The van der Waals surface area contributed by atoms with E-state index in [0.717, 1.165) is 21.9 Å². The van der Waals surface area contributed by atoms with Gasteiger partial charge in [0.15, 0.2) is 0 Å². The highest BCUT2D eigenvalue weighted by Crippen LogP contribution is 2.17. The van der Waals surface area contributed by atoms with Crippen molar-refractivity contribution in [1.29, 1.82) is 0 Å². The Kier molecular flexibility index (Phi) is 5.46. The molecule has 1 aromatic heterocycles. The Balaban J connectivity index is 2.14. The number of thiazole rings is 1. The quantitative estimate of drug-likeness (QED) is 0.816. The van der Waals surface area contributed by atoms with E-state index >= 15 is 0 Å². The van der Waals surface area contributed by atoms with Crippen molar-refractivity contribution in [2.24, 2.45) is 0 Å². The van der Waals surface area contributed by atoms with E-state index in [1.165, 1.54) is 11.3 Å². The number of hydrogen-bond donors (Lipinski definition) is 2. The number of aryl methyl sites for hydroxylation is 1. The summed E-state index contributed by atoms with van der Waals surface area (Å²) in [6.07, 6.45) is 2.71. The molecule has 1 heterocycles. The fourth-order valence-corrected chi connectivity index (χ4v) is 4.05. The van der Waals surface area contributed by atoms with E-state index in [9.17, 15) is 8.42 Å². The lowest BCUT2D eigenvalue weighted by Crippen LogP contribution is -2.25. The van der Waals surface area contributed by atoms with Gasteiger partial charge < -0.3 is 5.32 Å². The van der Waals surface area contributed by atoms with E-state index in [1.807, 2.05) is 12.1 Å². The molecule has 0 spiro atoms. The van der Waals surface area contributed by atoms with Gasteiger partial charge in [-0.25, -0.2) is 18.1 Å². The molecule has 0 fully saturated rings. The molecular formula is C14H19N3O2S2. The fraction of sp³-hybridized carbons (Fsp3) is 0.357. The SMILES string of the molecule is CCc1cnc(CNS(=O)(=O)c2ccccc2CNC)s1. The molecule has 0 aliphatic rings. The van der Waals surface area contributed by atoms with Crippen LogP contribution in [0.4, 0.5) is 0 Å². The third-order valence-corrected chi connectivity index (χ3v) is 5.64. The molecule has 0 amide bonds. The number of benzene rings is 1. The van der Waals surface area contributed by atoms with Gasteiger partial charge in [-0.15, -0.1) is 11.3 Å². The zero-order valence-corrected chi connectivity index (χ0v) is 13.7. The van der Waals surface area contributed by atoms with Crippen LogP contribution in [0.15, 0.2) is 35.4 Å². The minimum absolute atomic E-state index is 0.223. The normalized spacial score (nSPS) is 11.7. The van der Waals surface area contributed by atoms with Gasteiger partial charge in [-0.1, -0.05) is 25.1 Å². The van der Waals surface area contributed by atoms with Crippen LogP contribution in [0.25, 0.3) is 0 Å². The van der Waals surface area contributed by atoms with Gasteiger partial charge in [0.05, 0.1) is 11.4 Å². The van der Waals surface area contributed by atoms with Crippen LogP contribution in [-0.4, -0.2) is 20.4 Å². The number of aromatic nitrogens is 1. The summed E-state index contributed by atoms with van der Waals surface area (Å²) in [7, 11) is -1.74. The van der Waals surface area contributed by atoms with Gasteiger partial charge >= 0.3 is 0 Å². The van der Waals surface area contributed by atoms with Gasteiger partial charge in [0.2, 0.25) is 10.0 Å². The number of hydrogen-bond acceptors (Lipinski definition) is 5. The Morgan fingerprint density at radius 3 is 2.67 bits per heavy atom. The molecule has 2 rings (SSSR count). The Morgan fingerprint density at radius 2 is 2.00 bits per heavy atom. The maximum atomic E-state index is 12.4. The average molecular weight is 325 g/mol. The maximum absolute atomic E-state index is 12.4. The minimum atomic E-state index is -3.53. The minimum Gasteiger partial charge on any atom is -0.316 e. The van der Waals surface area contributed by atoms with Crippen molar-refractivity contribution in [2.75, 3.05) is 7.05 Å². The summed E-state index contributed by atoms with van der Waals surface area (Å²) in [4.78, 5) is 5.69. The van der Waals surface area contributed by atoms with Crippen LogP contribution < -0.4 is 10.0 Å². The lowest BCUT2D eigenvalue weighted by Gasteiger charge is -2.10. The zero-order chi connectivity index (χ0) is 15.3. The molecule has 0 aliphatic heterocycles. The first-order valence-corrected chi connectivity index (χ1v) is 9.02. The second kappa shape index (κ2) is 7.13. The van der Waals surface area contributed by atoms with Crippen molar-refractivity contribution in [2.45, 2.75) is 31.3 Å². The number of nitrogens with one attached hydrogen (secondary N) is 2. The first-order chi connectivity index (χ1) is 10.1. The molecule has 0 radical (unpaired) electrons. The van der Waals surface area contributed by atoms with Crippen LogP contribution in [0.2, 0.25) is 0 Å². The topological polar surface area (TPSA) is 71.1 Å². The van der Waals surface area contributed by atoms with E-state index in [4.69, 9.17) is 0 Å². The average Bonchev–Trinajstić information content (AvgIpc) is 2.94. The Hall–Kier alpha value is -1.28. The maximum Gasteiger partial charge on any atom is 0.241 e. The molecule has 0 saturated heterocycles. The summed E-state index contributed by atoms with van der Waals surface area (Å²) in [5.74, 6) is 0. The number of rotatable bonds is 7. The second-order valence-corrected chi connectivity index (χ2v) is 7.47. The zero-order valence-electron chi connectivity index (χ0n) is 12.1. The summed E-state index contributed by atoms with van der Waals surface area (Å²) in [5, 5.41) is 3.76. The molecule has 21 heavy (non-hydrogen) atoms. The molecule has 0 atom stereocenters. The van der Waals surface area contributed by atoms with Crippen molar-refractivity contribution in [3.63, 3.8) is 0 Å². The first-order valence-electron chi connectivity index (χ1n) is 6.72. The highest BCUT2D eigenvalue weighted by Gasteiger charge is 2.18. The summed E-state index contributed by atoms with van der Waals surface area (Å²) >= 11 is 1.53. The lowest BCUT2D eigenvalue weighted by atomic mass is 10.2. The van der Waals surface area contributed by atoms with Gasteiger partial charge in [0.1, 0.15) is 5.01 Å². The Morgan fingerprint density at radius 1 is 1.24 bits per heavy atom. The van der Waals surface area contributed by atoms with Crippen molar-refractivity contribution in [1.82, 2.24) is 15.0 Å². The molecule has 0 aliphatic carbocycles. The van der Waals surface area contributed by atoms with Gasteiger partial charge in [-0.05, 0) is 25.1 Å². The standard InChI is InChI=1S/C14H19N3O2S2/c1-3-12-9-16-14(20-12)10-17-21(18,19)13-7-5-4-6-11(13)8-15-2/h4-7,9,15,17H,3,8,10H2,1-2H3. The largest absolute Gasteiger partial charge is 0.316 e. The molecule has 2 aromatic rings. The molecule has 114 valence electrons. The van der Waals surface area contributed by atoms with E-state index in [1.54, 1.807) is 25.4 Å². The van der Waals surface area contributed by atoms with E-state index < -0.39 is 10.0 Å². The van der Waals surface area contributed by atoms with Gasteiger partial charge in [-0.2, -0.15) is 0 Å². The predicted molar refractivity (Wildman–Crippen MR) is 84.7 cm³/mol. The number of nitrogens with zero attached hydrogens (tertiary/aromatic N) is 1. The summed E-state index contributed by atoms with van der Waals surface area (Å²) in [5.41, 5.74) is 0.751. The molecule has 5 nitrogen and oxygen atoms in total. The Labute approximate surface area is 129 Å². The van der Waals surface area contributed by atoms with Crippen LogP contribution in [0.5, 0.6) is 0 Å². The van der Waals surface area contributed by atoms with E-state index in [-0.39, 0.29) is 6.54 Å². The molecule has 1 aromatic carbocycles. The third kappa shape index (κ3) is 4.10. The van der Waals surface area contributed by atoms with Gasteiger partial charge in [0, 0.05) is 17.6 Å². The highest BCUT2D eigenvalue weighted by molar-refractivity contribution is 7.89. The van der Waals surface area contributed by atoms with Gasteiger partial charge in [0.25, 0.3) is 0 Å². The van der Waals surface area contributed by atoms with Crippen molar-refractivity contribution < 1.29 is 8.42 Å². The van der Waals surface area contributed by atoms with E-state index in [2.05, 4.69) is 21.9 Å². The van der Waals surface area contributed by atoms with Crippen LogP contribution in [0, 0.1) is 0 Å². The van der Waals surface area contributed by atoms with Crippen molar-refractivity contribution in [3.8, 4) is 0 Å². The monoisotopic (exact) mass is 325 g/mol. The highest BCUT2D eigenvalue weighted by atomic mass is 32.2. The second-order valence-electron chi connectivity index (χ2n) is 4.54. The van der Waals surface area contributed by atoms with Crippen molar-refractivity contribution >= 4 is 21.4 Å². The summed E-state index contributed by atoms with van der Waals surface area (Å²) < 4.78 is 27.5. The molecule has 2 N–H and O–H groups in total. The predicted octanol–water partition coefficient (Wildman–Crippen LogP) is 1.90. The van der Waals surface area contributed by atoms with Gasteiger partial charge in [-0.3, -0.25) is 0 Å².